The first kappa shape index (κ1) is 14.8. The minimum absolute atomic E-state index is 0.205. The van der Waals surface area contributed by atoms with Gasteiger partial charge in [0.15, 0.2) is 0 Å². The molecule has 5 heteroatoms. The molecule has 1 heterocycles. The molecule has 1 aromatic carbocycles. The van der Waals surface area contributed by atoms with Crippen molar-refractivity contribution >= 4 is 11.6 Å². The average Bonchev–Trinajstić information content (AvgIpc) is 2.39. The number of hydrazine groups is 1. The van der Waals surface area contributed by atoms with Gasteiger partial charge < -0.3 is 4.74 Å². The molecule has 1 aromatic heterocycles. The number of pyridine rings is 1. The van der Waals surface area contributed by atoms with E-state index in [1.165, 1.54) is 0 Å². The molecule has 20 heavy (non-hydrogen) atoms. The van der Waals surface area contributed by atoms with Crippen molar-refractivity contribution in [2.75, 3.05) is 7.11 Å². The van der Waals surface area contributed by atoms with Crippen LogP contribution in [-0.2, 0) is 0 Å². The summed E-state index contributed by atoms with van der Waals surface area (Å²) in [4.78, 5) is 4.38. The maximum absolute atomic E-state index is 6.09. The molecule has 0 radical (unpaired) electrons. The summed E-state index contributed by atoms with van der Waals surface area (Å²) in [5.74, 6) is 6.48. The molecule has 0 aliphatic rings. The summed E-state index contributed by atoms with van der Waals surface area (Å²) in [5, 5.41) is 0.642. The van der Waals surface area contributed by atoms with Crippen molar-refractivity contribution in [2.45, 2.75) is 19.9 Å². The smallest absolute Gasteiger partial charge is 0.124 e. The monoisotopic (exact) mass is 291 g/mol. The largest absolute Gasteiger partial charge is 0.496 e. The highest BCUT2D eigenvalue weighted by molar-refractivity contribution is 6.30. The Morgan fingerprint density at radius 2 is 1.85 bits per heavy atom. The lowest BCUT2D eigenvalue weighted by atomic mass is 9.98. The molecule has 106 valence electrons. The molecule has 2 rings (SSSR count). The van der Waals surface area contributed by atoms with Gasteiger partial charge >= 0.3 is 0 Å². The number of hydrogen-bond donors (Lipinski definition) is 2. The maximum atomic E-state index is 6.09. The Hall–Kier alpha value is -1.62. The maximum Gasteiger partial charge on any atom is 0.124 e. The summed E-state index contributed by atoms with van der Waals surface area (Å²) in [6.07, 6.45) is 0. The number of aromatic nitrogens is 1. The number of nitrogens with two attached hydrogens (primary N) is 1. The van der Waals surface area contributed by atoms with E-state index in [0.717, 1.165) is 28.3 Å². The predicted molar refractivity (Wildman–Crippen MR) is 80.9 cm³/mol. The number of ether oxygens (including phenoxy) is 1. The summed E-state index contributed by atoms with van der Waals surface area (Å²) in [5.41, 5.74) is 6.64. The van der Waals surface area contributed by atoms with Crippen LogP contribution in [0.3, 0.4) is 0 Å². The summed E-state index contributed by atoms with van der Waals surface area (Å²) in [7, 11) is 1.63. The van der Waals surface area contributed by atoms with Crippen molar-refractivity contribution in [1.82, 2.24) is 10.4 Å². The van der Waals surface area contributed by atoms with Gasteiger partial charge in [-0.1, -0.05) is 11.6 Å². The van der Waals surface area contributed by atoms with Crippen LogP contribution in [0.25, 0.3) is 0 Å². The van der Waals surface area contributed by atoms with Crippen LogP contribution in [0.1, 0.15) is 28.6 Å². The minimum Gasteiger partial charge on any atom is -0.496 e. The highest BCUT2D eigenvalue weighted by atomic mass is 35.5. The molecule has 0 saturated heterocycles. The van der Waals surface area contributed by atoms with Crippen LogP contribution in [0.4, 0.5) is 0 Å². The molecule has 1 unspecified atom stereocenters. The molecule has 0 fully saturated rings. The van der Waals surface area contributed by atoms with Gasteiger partial charge in [-0.05, 0) is 49.7 Å². The van der Waals surface area contributed by atoms with Gasteiger partial charge in [0, 0.05) is 22.0 Å². The third-order valence-corrected chi connectivity index (χ3v) is 3.34. The van der Waals surface area contributed by atoms with E-state index in [4.69, 9.17) is 22.2 Å². The van der Waals surface area contributed by atoms with Crippen molar-refractivity contribution < 1.29 is 4.74 Å². The number of aryl methyl sites for hydroxylation is 2. The molecule has 4 nitrogen and oxygen atoms in total. The third-order valence-electron chi connectivity index (χ3n) is 3.11. The summed E-state index contributed by atoms with van der Waals surface area (Å²) < 4.78 is 5.40. The highest BCUT2D eigenvalue weighted by Gasteiger charge is 2.18. The summed E-state index contributed by atoms with van der Waals surface area (Å²) >= 11 is 6.09. The molecule has 1 atom stereocenters. The van der Waals surface area contributed by atoms with Gasteiger partial charge in [0.2, 0.25) is 0 Å². The van der Waals surface area contributed by atoms with Gasteiger partial charge in [-0.3, -0.25) is 10.8 Å². The number of nitrogens with one attached hydrogen (secondary N) is 1. The van der Waals surface area contributed by atoms with Crippen molar-refractivity contribution in [3.8, 4) is 5.75 Å². The lowest BCUT2D eigenvalue weighted by Crippen LogP contribution is -2.29. The number of halogens is 1. The zero-order valence-corrected chi connectivity index (χ0v) is 12.5. The summed E-state index contributed by atoms with van der Waals surface area (Å²) in [6, 6.07) is 9.28. The molecule has 0 amide bonds. The fraction of sp³-hybridized carbons (Fsp3) is 0.267. The zero-order chi connectivity index (χ0) is 14.7. The van der Waals surface area contributed by atoms with Gasteiger partial charge in [-0.2, -0.15) is 0 Å². The first-order valence-corrected chi connectivity index (χ1v) is 6.67. The Morgan fingerprint density at radius 1 is 1.20 bits per heavy atom. The lowest BCUT2D eigenvalue weighted by molar-refractivity contribution is 0.404. The Bertz CT molecular complexity index is 596. The number of methoxy groups -OCH3 is 1. The Kier molecular flexibility index (Phi) is 4.60. The van der Waals surface area contributed by atoms with Gasteiger partial charge in [0.1, 0.15) is 5.75 Å². The minimum atomic E-state index is -0.205. The standard InChI is InChI=1S/C15H18ClN3O/c1-9-6-11(7-10(2)18-9)15(19-17)13-8-12(16)4-5-14(13)20-3/h4-8,15,19H,17H2,1-3H3. The number of hydrogen-bond acceptors (Lipinski definition) is 4. The highest BCUT2D eigenvalue weighted by Crippen LogP contribution is 2.32. The Labute approximate surface area is 123 Å². The van der Waals surface area contributed by atoms with Crippen LogP contribution >= 0.6 is 11.6 Å². The fourth-order valence-electron chi connectivity index (χ4n) is 2.33. The molecular formula is C15H18ClN3O. The number of rotatable bonds is 4. The van der Waals surface area contributed by atoms with E-state index in [1.54, 1.807) is 13.2 Å². The van der Waals surface area contributed by atoms with Crippen LogP contribution in [0.5, 0.6) is 5.75 Å². The molecule has 0 bridgehead atoms. The normalized spacial score (nSPS) is 12.2. The van der Waals surface area contributed by atoms with Crippen LogP contribution in [0.15, 0.2) is 30.3 Å². The lowest BCUT2D eigenvalue weighted by Gasteiger charge is -2.20. The predicted octanol–water partition coefficient (Wildman–Crippen LogP) is 2.91. The molecular weight excluding hydrogens is 274 g/mol. The van der Waals surface area contributed by atoms with Crippen molar-refractivity contribution in [3.63, 3.8) is 0 Å². The van der Waals surface area contributed by atoms with Crippen molar-refractivity contribution in [2.24, 2.45) is 5.84 Å². The van der Waals surface area contributed by atoms with E-state index >= 15 is 0 Å². The van der Waals surface area contributed by atoms with Gasteiger partial charge in [0.05, 0.1) is 13.2 Å². The van der Waals surface area contributed by atoms with Crippen LogP contribution in [-0.4, -0.2) is 12.1 Å². The molecule has 3 N–H and O–H groups in total. The van der Waals surface area contributed by atoms with E-state index < -0.39 is 0 Å². The molecule has 0 aliphatic carbocycles. The van der Waals surface area contributed by atoms with Crippen LogP contribution < -0.4 is 16.0 Å². The fourth-order valence-corrected chi connectivity index (χ4v) is 2.51. The summed E-state index contributed by atoms with van der Waals surface area (Å²) in [6.45, 7) is 3.92. The molecule has 0 aliphatic heterocycles. The van der Waals surface area contributed by atoms with Crippen molar-refractivity contribution in [1.29, 1.82) is 0 Å². The first-order valence-electron chi connectivity index (χ1n) is 6.30. The van der Waals surface area contributed by atoms with Crippen molar-refractivity contribution in [3.05, 3.63) is 57.9 Å². The van der Waals surface area contributed by atoms with E-state index in [2.05, 4.69) is 10.4 Å². The van der Waals surface area contributed by atoms with E-state index in [9.17, 15) is 0 Å². The number of nitrogens with zero attached hydrogens (tertiary/aromatic N) is 1. The Balaban J connectivity index is 2.54. The zero-order valence-electron chi connectivity index (χ0n) is 11.8. The second-order valence-corrected chi connectivity index (χ2v) is 5.11. The van der Waals surface area contributed by atoms with Gasteiger partial charge in [-0.15, -0.1) is 0 Å². The second kappa shape index (κ2) is 6.22. The van der Waals surface area contributed by atoms with Crippen LogP contribution in [0, 0.1) is 13.8 Å². The van der Waals surface area contributed by atoms with Gasteiger partial charge in [-0.25, -0.2) is 5.43 Å². The average molecular weight is 292 g/mol. The SMILES string of the molecule is COc1ccc(Cl)cc1C(NN)c1cc(C)nc(C)c1. The topological polar surface area (TPSA) is 60.2 Å². The van der Waals surface area contributed by atoms with E-state index in [1.807, 2.05) is 38.1 Å². The van der Waals surface area contributed by atoms with Crippen LogP contribution in [0.2, 0.25) is 5.02 Å². The third kappa shape index (κ3) is 3.10. The quantitative estimate of drug-likeness (QED) is 0.672. The Morgan fingerprint density at radius 3 is 2.40 bits per heavy atom. The second-order valence-electron chi connectivity index (χ2n) is 4.67. The first-order chi connectivity index (χ1) is 9.55. The molecule has 0 spiro atoms. The molecule has 2 aromatic rings. The number of benzene rings is 1. The van der Waals surface area contributed by atoms with E-state index in [-0.39, 0.29) is 6.04 Å². The molecule has 0 saturated carbocycles. The van der Waals surface area contributed by atoms with E-state index in [0.29, 0.717) is 5.02 Å². The van der Waals surface area contributed by atoms with Gasteiger partial charge in [0.25, 0.3) is 0 Å².